The molecule has 16 heteroatoms. The van der Waals surface area contributed by atoms with E-state index in [9.17, 15) is 38.4 Å². The molecule has 3 unspecified atom stereocenters. The van der Waals surface area contributed by atoms with Crippen molar-refractivity contribution in [2.75, 3.05) is 70.0 Å². The molecule has 11 rings (SSSR count). The quantitative estimate of drug-likeness (QED) is 0.0580. The van der Waals surface area contributed by atoms with Crippen molar-refractivity contribution in [3.63, 3.8) is 0 Å². The fraction of sp³-hybridized carbons (Fsp3) is 0.590. The molecule has 1 aliphatic heterocycles. The summed E-state index contributed by atoms with van der Waals surface area (Å²) in [7, 11) is 17.0. The molecule has 0 amide bonds. The first-order chi connectivity index (χ1) is 44.5. The molecule has 0 saturated heterocycles. The molecule has 1 heterocycles. The van der Waals surface area contributed by atoms with Gasteiger partial charge in [0.2, 0.25) is 0 Å². The van der Waals surface area contributed by atoms with Crippen LogP contribution in [-0.4, -0.2) is 160 Å². The molecule has 7 aliphatic rings. The van der Waals surface area contributed by atoms with Gasteiger partial charge in [0.1, 0.15) is 46.0 Å². The van der Waals surface area contributed by atoms with Gasteiger partial charge in [0.15, 0.2) is 5.78 Å². The minimum atomic E-state index is -0.761. The number of carbonyl (C=O) groups is 8. The van der Waals surface area contributed by atoms with E-state index in [0.29, 0.717) is 29.8 Å². The molecule has 4 atom stereocenters. The highest BCUT2D eigenvalue weighted by molar-refractivity contribution is 5.92. The van der Waals surface area contributed by atoms with Gasteiger partial charge in [0, 0.05) is 6.54 Å². The Hall–Kier alpha value is -6.08. The van der Waals surface area contributed by atoms with Crippen LogP contribution in [-0.2, 0) is 69.7 Å². The molecular weight excluding hydrogens is 1180 g/mol. The Morgan fingerprint density at radius 3 is 1.14 bits per heavy atom. The van der Waals surface area contributed by atoms with Crippen LogP contribution in [0.2, 0.25) is 0 Å². The Morgan fingerprint density at radius 1 is 0.479 bits per heavy atom. The Morgan fingerprint density at radius 2 is 0.872 bits per heavy atom. The zero-order valence-electron chi connectivity index (χ0n) is 60.4. The molecule has 518 valence electrons. The number of ketones is 8. The standard InChI is InChI=1S/C16H17NO.2C12H15NO.C10H17NO.C9H17NO.C8H15NO.C6H11NO.C5H11NO/c1-13(18)16(17-2,14-9-5-3-6-10-14)15-11-7-4-8-12-15;1-9(14)12-7-10-5-3-4-6-11(10)8-13(12)2;1-9(14)12(13-2)7-10-5-3-4-6-11(10)8-12;1-7(12)10(11-2)6-8-3-4-9(10)5-8;1-8(11)9(10-2)6-4-3-5-7-9;1-7(10)8(9-2)5-3-4-6-8;1-5(8)6(7-2)3-4-6;1-5(7)4-6(2)3/h3-12,17H,1-2H3;3-6,12H,7-8H2,1-2H3;3-6,13H,7-8H2,1-2H3;8-9,11H,3-6H2,1-2H3;10H,3-7H2,1-2H3;9H,3-6H2,1-2H3;7H,3-4H2,1-2H3;4H2,1-3H3/t;12-;;;;;;/m.0....../s1. The van der Waals surface area contributed by atoms with E-state index >= 15 is 0 Å². The van der Waals surface area contributed by atoms with Gasteiger partial charge in [-0.05, 0) is 241 Å². The van der Waals surface area contributed by atoms with Crippen molar-refractivity contribution in [2.24, 2.45) is 11.8 Å². The highest BCUT2D eigenvalue weighted by Gasteiger charge is 2.53. The van der Waals surface area contributed by atoms with Crippen LogP contribution in [0.3, 0.4) is 0 Å². The summed E-state index contributed by atoms with van der Waals surface area (Å²) in [6.07, 6.45) is 19.7. The van der Waals surface area contributed by atoms with Gasteiger partial charge in [-0.3, -0.25) is 43.3 Å². The van der Waals surface area contributed by atoms with E-state index in [-0.39, 0.29) is 62.7 Å². The van der Waals surface area contributed by atoms with Gasteiger partial charge in [-0.1, -0.05) is 148 Å². The lowest BCUT2D eigenvalue weighted by Crippen LogP contribution is -2.53. The molecule has 16 nitrogen and oxygen atoms in total. The van der Waals surface area contributed by atoms with Gasteiger partial charge in [-0.2, -0.15) is 0 Å². The van der Waals surface area contributed by atoms with Gasteiger partial charge in [0.25, 0.3) is 0 Å². The summed E-state index contributed by atoms with van der Waals surface area (Å²) in [4.78, 5) is 94.1. The number of benzene rings is 4. The number of fused-ring (bicyclic) bond motifs is 4. The average molecular weight is 1300 g/mol. The number of hydrogen-bond acceptors (Lipinski definition) is 16. The largest absolute Gasteiger partial charge is 0.308 e. The number of rotatable bonds is 17. The second kappa shape index (κ2) is 37.4. The third-order valence-electron chi connectivity index (χ3n) is 21.4. The van der Waals surface area contributed by atoms with Crippen LogP contribution in [0.1, 0.15) is 185 Å². The topological polar surface area (TPSA) is 215 Å². The molecule has 4 aromatic rings. The van der Waals surface area contributed by atoms with Gasteiger partial charge < -0.3 is 36.8 Å². The third-order valence-corrected chi connectivity index (χ3v) is 21.4. The number of hydrogen-bond donors (Lipinski definition) is 6. The summed E-state index contributed by atoms with van der Waals surface area (Å²) in [5.74, 6) is 3.48. The number of nitrogens with one attached hydrogen (secondary N) is 6. The van der Waals surface area contributed by atoms with Crippen LogP contribution in [0.5, 0.6) is 0 Å². The molecule has 0 radical (unpaired) electrons. The maximum Gasteiger partial charge on any atom is 0.158 e. The van der Waals surface area contributed by atoms with E-state index in [2.05, 4.69) is 67.1 Å². The van der Waals surface area contributed by atoms with Crippen LogP contribution < -0.4 is 31.9 Å². The molecule has 6 aliphatic carbocycles. The van der Waals surface area contributed by atoms with E-state index in [4.69, 9.17) is 0 Å². The van der Waals surface area contributed by atoms with Crippen LogP contribution in [0.15, 0.2) is 109 Å². The summed E-state index contributed by atoms with van der Waals surface area (Å²) >= 11 is 0. The van der Waals surface area contributed by atoms with Crippen molar-refractivity contribution in [2.45, 2.75) is 217 Å². The van der Waals surface area contributed by atoms with E-state index in [1.165, 1.54) is 73.6 Å². The second-order valence-electron chi connectivity index (χ2n) is 27.5. The van der Waals surface area contributed by atoms with Crippen molar-refractivity contribution < 1.29 is 38.4 Å². The first-order valence-electron chi connectivity index (χ1n) is 34.3. The van der Waals surface area contributed by atoms with Crippen LogP contribution >= 0.6 is 0 Å². The number of Topliss-reactive ketones (excluding diaryl/α,β-unsaturated/α-hetero) is 8. The minimum absolute atomic E-state index is 0.0740. The maximum absolute atomic E-state index is 12.2. The lowest BCUT2D eigenvalue weighted by molar-refractivity contribution is -0.125. The zero-order valence-corrected chi connectivity index (χ0v) is 60.4. The predicted molar refractivity (Wildman–Crippen MR) is 381 cm³/mol. The van der Waals surface area contributed by atoms with Gasteiger partial charge in [-0.25, -0.2) is 0 Å². The summed E-state index contributed by atoms with van der Waals surface area (Å²) in [6.45, 7) is 14.7. The first kappa shape index (κ1) is 80.4. The van der Waals surface area contributed by atoms with Crippen LogP contribution in [0.4, 0.5) is 0 Å². The predicted octanol–water partition coefficient (Wildman–Crippen LogP) is 10.1. The Kier molecular flexibility index (Phi) is 32.0. The smallest absolute Gasteiger partial charge is 0.158 e. The van der Waals surface area contributed by atoms with E-state index in [0.717, 1.165) is 87.8 Å². The van der Waals surface area contributed by atoms with Crippen molar-refractivity contribution in [3.8, 4) is 0 Å². The Balaban J connectivity index is 0.000000232. The molecular formula is C78H118N8O8. The van der Waals surface area contributed by atoms with Crippen LogP contribution in [0, 0.1) is 11.8 Å². The number of likely N-dealkylation sites (N-methyl/N-ethyl adjacent to an activating group) is 8. The molecule has 5 fully saturated rings. The molecule has 0 aromatic heterocycles. The molecule has 6 N–H and O–H groups in total. The summed E-state index contributed by atoms with van der Waals surface area (Å²) < 4.78 is 0. The molecule has 2 bridgehead atoms. The zero-order chi connectivity index (χ0) is 70.1. The molecule has 4 aromatic carbocycles. The summed E-state index contributed by atoms with van der Waals surface area (Å²) in [5, 5.41) is 18.9. The van der Waals surface area contributed by atoms with Crippen molar-refractivity contribution in [3.05, 3.63) is 143 Å². The first-order valence-corrected chi connectivity index (χ1v) is 34.3. The number of nitrogens with zero attached hydrogens (tertiary/aromatic N) is 2. The lowest BCUT2D eigenvalue weighted by atomic mass is 9.78. The van der Waals surface area contributed by atoms with E-state index < -0.39 is 5.54 Å². The van der Waals surface area contributed by atoms with Crippen LogP contribution in [0.25, 0.3) is 0 Å². The Labute approximate surface area is 564 Å². The number of carbonyl (C=O) groups excluding carboxylic acids is 8. The van der Waals surface area contributed by atoms with Gasteiger partial charge in [-0.15, -0.1) is 0 Å². The van der Waals surface area contributed by atoms with Gasteiger partial charge in [0.05, 0.1) is 40.3 Å². The molecule has 5 saturated carbocycles. The van der Waals surface area contributed by atoms with E-state index in [1.807, 2.05) is 147 Å². The maximum atomic E-state index is 12.2. The van der Waals surface area contributed by atoms with Crippen molar-refractivity contribution >= 4 is 46.3 Å². The van der Waals surface area contributed by atoms with Crippen molar-refractivity contribution in [1.82, 2.24) is 41.7 Å². The lowest BCUT2D eigenvalue weighted by Gasteiger charge is -2.35. The monoisotopic (exact) mass is 1290 g/mol. The van der Waals surface area contributed by atoms with Crippen molar-refractivity contribution in [1.29, 1.82) is 0 Å². The fourth-order valence-corrected chi connectivity index (χ4v) is 15.0. The fourth-order valence-electron chi connectivity index (χ4n) is 15.0. The SMILES string of the molecule is CC(=O)CN(C)C.CC(=O)[C@@H]1Cc2ccccc2CN1C.CNC(C(C)=O)(c1ccccc1)c1ccccc1.CNC1(C(C)=O)CC1.CNC1(C(C)=O)CC2CCC1C2.CNC1(C(C)=O)CCCC1.CNC1(C(C)=O)CCCCC1.CNC1(C(C)=O)Cc2ccccc2C1. The molecule has 0 spiro atoms. The van der Waals surface area contributed by atoms with E-state index in [1.54, 1.807) is 55.4 Å². The molecule has 94 heavy (non-hydrogen) atoms. The van der Waals surface area contributed by atoms with Gasteiger partial charge >= 0.3 is 0 Å². The normalized spacial score (nSPS) is 21.6. The highest BCUT2D eigenvalue weighted by Crippen LogP contribution is 2.51. The minimum Gasteiger partial charge on any atom is -0.308 e. The highest BCUT2D eigenvalue weighted by atomic mass is 16.2. The third kappa shape index (κ3) is 21.0. The average Bonchev–Trinajstić information content (AvgIpc) is 1.34. The summed E-state index contributed by atoms with van der Waals surface area (Å²) in [5.41, 5.74) is 5.55. The summed E-state index contributed by atoms with van der Waals surface area (Å²) in [6, 6.07) is 36.3. The Bertz CT molecular complexity index is 3030. The second-order valence-corrected chi connectivity index (χ2v) is 27.5.